The van der Waals surface area contributed by atoms with Crippen LogP contribution in [0.1, 0.15) is 52.9 Å². The minimum Gasteiger partial charge on any atom is -0.294 e. The molecule has 4 rings (SSSR count). The van der Waals surface area contributed by atoms with Crippen molar-refractivity contribution in [1.29, 1.82) is 0 Å². The summed E-state index contributed by atoms with van der Waals surface area (Å²) in [6.07, 6.45) is 7.46. The molecule has 128 valence electrons. The molecule has 0 unspecified atom stereocenters. The van der Waals surface area contributed by atoms with Gasteiger partial charge in [0.05, 0.1) is 5.03 Å². The molecule has 0 amide bonds. The molecule has 3 saturated carbocycles. The lowest BCUT2D eigenvalue weighted by molar-refractivity contribution is -0.132. The Labute approximate surface area is 149 Å². The van der Waals surface area contributed by atoms with Gasteiger partial charge in [0.25, 0.3) is 0 Å². The summed E-state index contributed by atoms with van der Waals surface area (Å²) in [4.78, 5) is 25.5. The van der Waals surface area contributed by atoms with Crippen molar-refractivity contribution >= 4 is 23.2 Å². The lowest BCUT2D eigenvalue weighted by Crippen LogP contribution is -2.54. The molecule has 0 N–H and O–H groups in total. The summed E-state index contributed by atoms with van der Waals surface area (Å²) in [6, 6.07) is 0. The molecule has 0 aromatic carbocycles. The van der Waals surface area contributed by atoms with E-state index in [0.29, 0.717) is 22.5 Å². The van der Waals surface area contributed by atoms with Crippen LogP contribution in [-0.2, 0) is 9.59 Å². The van der Waals surface area contributed by atoms with Gasteiger partial charge in [-0.1, -0.05) is 44.0 Å². The Kier molecular flexibility index (Phi) is 3.36. The monoisotopic (exact) mass is 344 g/mol. The van der Waals surface area contributed by atoms with Crippen LogP contribution in [0.25, 0.3) is 0 Å². The second-order valence-electron chi connectivity index (χ2n) is 8.75. The lowest BCUT2D eigenvalue weighted by atomic mass is 9.46. The van der Waals surface area contributed by atoms with E-state index >= 15 is 0 Å². The number of halogens is 1. The Morgan fingerprint density at radius 1 is 1.17 bits per heavy atom. The average Bonchev–Trinajstić information content (AvgIpc) is 2.92. The second-order valence-corrected chi connectivity index (χ2v) is 9.13. The Morgan fingerprint density at radius 2 is 1.88 bits per heavy atom. The first kappa shape index (κ1) is 16.3. The van der Waals surface area contributed by atoms with Crippen LogP contribution in [0.2, 0.25) is 0 Å². The standard InChI is InChI=1S/C21H25ClO2/c1-11-10-15(23)18(22)17-12(2)19(24)16-13-6-5-8-20(13,3)9-7-14(16)21(11,17)4/h10,13-14,16H,2,5-9H2,1,3-4H3/t13-,14-,16-,20-,21+/m0/s1. The smallest absolute Gasteiger partial charge is 0.197 e. The number of carbonyl (C=O) groups is 2. The largest absolute Gasteiger partial charge is 0.294 e. The third kappa shape index (κ3) is 1.78. The van der Waals surface area contributed by atoms with Crippen molar-refractivity contribution in [2.75, 3.05) is 0 Å². The lowest BCUT2D eigenvalue weighted by Gasteiger charge is -2.57. The molecule has 4 aliphatic carbocycles. The van der Waals surface area contributed by atoms with Crippen LogP contribution in [0.4, 0.5) is 0 Å². The number of carbonyl (C=O) groups excluding carboxylic acids is 2. The molecule has 0 aliphatic heterocycles. The zero-order chi connectivity index (χ0) is 17.4. The Bertz CT molecular complexity index is 743. The fourth-order valence-electron chi connectivity index (χ4n) is 6.35. The maximum Gasteiger partial charge on any atom is 0.197 e. The molecule has 0 spiro atoms. The van der Waals surface area contributed by atoms with Crippen LogP contribution in [-0.4, -0.2) is 11.6 Å². The second kappa shape index (κ2) is 4.94. The van der Waals surface area contributed by atoms with Gasteiger partial charge in [0.1, 0.15) is 0 Å². The summed E-state index contributed by atoms with van der Waals surface area (Å²) < 4.78 is 0. The highest BCUT2D eigenvalue weighted by Crippen LogP contribution is 2.66. The molecule has 3 heteroatoms. The van der Waals surface area contributed by atoms with Crippen LogP contribution in [0.5, 0.6) is 0 Å². The summed E-state index contributed by atoms with van der Waals surface area (Å²) in [6.45, 7) is 10.7. The van der Waals surface area contributed by atoms with Crippen LogP contribution in [0.15, 0.2) is 34.4 Å². The van der Waals surface area contributed by atoms with Gasteiger partial charge in [-0.25, -0.2) is 0 Å². The van der Waals surface area contributed by atoms with Gasteiger partial charge in [0.2, 0.25) is 0 Å². The molecule has 2 nitrogen and oxygen atoms in total. The van der Waals surface area contributed by atoms with Crippen LogP contribution in [0, 0.1) is 28.6 Å². The third-order valence-electron chi connectivity index (χ3n) is 7.82. The van der Waals surface area contributed by atoms with Gasteiger partial charge in [-0.2, -0.15) is 0 Å². The highest BCUT2D eigenvalue weighted by molar-refractivity contribution is 6.45. The van der Waals surface area contributed by atoms with Crippen molar-refractivity contribution in [3.63, 3.8) is 0 Å². The summed E-state index contributed by atoms with van der Waals surface area (Å²) in [5.41, 5.74) is 2.20. The van der Waals surface area contributed by atoms with Crippen molar-refractivity contribution in [2.24, 2.45) is 28.6 Å². The number of Topliss-reactive ketones (excluding diaryl/α,β-unsaturated/α-hetero) is 1. The van der Waals surface area contributed by atoms with Gasteiger partial charge in [-0.05, 0) is 61.5 Å². The van der Waals surface area contributed by atoms with Crippen LogP contribution < -0.4 is 0 Å². The van der Waals surface area contributed by atoms with Gasteiger partial charge in [-0.3, -0.25) is 9.59 Å². The van der Waals surface area contributed by atoms with Crippen LogP contribution >= 0.6 is 11.6 Å². The average molecular weight is 345 g/mol. The molecule has 0 bridgehead atoms. The van der Waals surface area contributed by atoms with Gasteiger partial charge in [0, 0.05) is 16.9 Å². The zero-order valence-electron chi connectivity index (χ0n) is 14.7. The Hall–Kier alpha value is -1.15. The number of hydrogen-bond donors (Lipinski definition) is 0. The number of hydrogen-bond acceptors (Lipinski definition) is 2. The van der Waals surface area contributed by atoms with E-state index in [9.17, 15) is 9.59 Å². The van der Waals surface area contributed by atoms with E-state index in [1.165, 1.54) is 19.3 Å². The van der Waals surface area contributed by atoms with E-state index in [1.54, 1.807) is 6.08 Å². The summed E-state index contributed by atoms with van der Waals surface area (Å²) in [5, 5.41) is 0.208. The number of allylic oxidation sites excluding steroid dienone is 5. The molecule has 0 aromatic rings. The first-order chi connectivity index (χ1) is 11.2. The molecular formula is C21H25ClO2. The van der Waals surface area contributed by atoms with E-state index in [1.807, 2.05) is 6.92 Å². The Morgan fingerprint density at radius 3 is 2.58 bits per heavy atom. The molecule has 0 saturated heterocycles. The minimum absolute atomic E-state index is 0.0357. The number of rotatable bonds is 0. The SMILES string of the molecule is C=C1C(=O)[C@H]2[C@@H]3CCC[C@@]3(C)CC[C@@H]2[C@@]2(C)C(C)=CC(=O)C(Cl)=C12. The van der Waals surface area contributed by atoms with Crippen LogP contribution in [0.3, 0.4) is 0 Å². The van der Waals surface area contributed by atoms with E-state index in [0.717, 1.165) is 18.4 Å². The maximum atomic E-state index is 13.3. The number of ketones is 2. The molecular weight excluding hydrogens is 320 g/mol. The molecule has 24 heavy (non-hydrogen) atoms. The van der Waals surface area contributed by atoms with Gasteiger partial charge < -0.3 is 0 Å². The highest BCUT2D eigenvalue weighted by Gasteiger charge is 2.61. The van der Waals surface area contributed by atoms with Crippen molar-refractivity contribution in [1.82, 2.24) is 0 Å². The predicted molar refractivity (Wildman–Crippen MR) is 95.6 cm³/mol. The number of fused-ring (bicyclic) bond motifs is 5. The van der Waals surface area contributed by atoms with Crippen molar-refractivity contribution in [3.05, 3.63) is 34.4 Å². The van der Waals surface area contributed by atoms with Crippen molar-refractivity contribution < 1.29 is 9.59 Å². The van der Waals surface area contributed by atoms with Gasteiger partial charge >= 0.3 is 0 Å². The minimum atomic E-state index is -0.329. The molecule has 4 aliphatic rings. The van der Waals surface area contributed by atoms with Gasteiger partial charge in [0.15, 0.2) is 11.6 Å². The van der Waals surface area contributed by atoms with Crippen molar-refractivity contribution in [3.8, 4) is 0 Å². The maximum absolute atomic E-state index is 13.3. The molecule has 3 fully saturated rings. The first-order valence-electron chi connectivity index (χ1n) is 9.08. The fraction of sp³-hybridized carbons (Fsp3) is 0.619. The zero-order valence-corrected chi connectivity index (χ0v) is 15.5. The molecule has 0 aromatic heterocycles. The topological polar surface area (TPSA) is 34.1 Å². The molecule has 0 heterocycles. The van der Waals surface area contributed by atoms with E-state index in [4.69, 9.17) is 11.6 Å². The van der Waals surface area contributed by atoms with E-state index < -0.39 is 0 Å². The highest BCUT2D eigenvalue weighted by atomic mass is 35.5. The Balaban J connectivity index is 1.91. The summed E-state index contributed by atoms with van der Waals surface area (Å²) >= 11 is 6.40. The van der Waals surface area contributed by atoms with E-state index in [-0.39, 0.29) is 33.8 Å². The van der Waals surface area contributed by atoms with Gasteiger partial charge in [-0.15, -0.1) is 0 Å². The first-order valence-corrected chi connectivity index (χ1v) is 9.46. The van der Waals surface area contributed by atoms with Crippen molar-refractivity contribution in [2.45, 2.75) is 52.9 Å². The van der Waals surface area contributed by atoms with E-state index in [2.05, 4.69) is 20.4 Å². The third-order valence-corrected chi connectivity index (χ3v) is 8.19. The predicted octanol–water partition coefficient (Wildman–Crippen LogP) is 4.99. The summed E-state index contributed by atoms with van der Waals surface area (Å²) in [5.74, 6) is 0.679. The molecule has 0 radical (unpaired) electrons. The summed E-state index contributed by atoms with van der Waals surface area (Å²) in [7, 11) is 0. The normalized spacial score (nSPS) is 44.9. The molecule has 5 atom stereocenters. The quantitative estimate of drug-likeness (QED) is 0.580. The fourth-order valence-corrected chi connectivity index (χ4v) is 6.71.